The molecule has 1 unspecified atom stereocenters. The third-order valence-electron chi connectivity index (χ3n) is 10.0. The Morgan fingerprint density at radius 1 is 0.660 bits per heavy atom. The zero-order chi connectivity index (χ0) is 37.2. The van der Waals surface area contributed by atoms with Gasteiger partial charge in [-0.1, -0.05) is 12.1 Å². The number of pyridine rings is 1. The Morgan fingerprint density at radius 2 is 1.38 bits per heavy atom. The highest BCUT2D eigenvalue weighted by Crippen LogP contribution is 2.53. The number of hydrogen-bond donors (Lipinski definition) is 0. The molecule has 0 spiro atoms. The molecular weight excluding hydrogens is 680 g/mol. The summed E-state index contributed by atoms with van der Waals surface area (Å²) in [5.41, 5.74) is 4.94. The van der Waals surface area contributed by atoms with Crippen LogP contribution in [0.5, 0.6) is 63.2 Å². The molecule has 2 aliphatic rings. The van der Waals surface area contributed by atoms with Gasteiger partial charge in [0, 0.05) is 47.1 Å². The van der Waals surface area contributed by atoms with Gasteiger partial charge in [-0.25, -0.2) is 0 Å². The minimum atomic E-state index is -0.0118. The second kappa shape index (κ2) is 15.1. The molecule has 53 heavy (non-hydrogen) atoms. The molecule has 0 N–H and O–H groups in total. The molecule has 0 bridgehead atoms. The molecule has 12 heteroatoms. The molecule has 5 aromatic rings. The summed E-state index contributed by atoms with van der Waals surface area (Å²) in [5, 5.41) is 1.68. The van der Waals surface area contributed by atoms with E-state index in [-0.39, 0.29) is 12.8 Å². The molecule has 1 aromatic heterocycles. The van der Waals surface area contributed by atoms with Gasteiger partial charge in [0.1, 0.15) is 0 Å². The first kappa shape index (κ1) is 35.6. The second-order valence-electron chi connectivity index (χ2n) is 12.7. The van der Waals surface area contributed by atoms with Crippen LogP contribution in [-0.4, -0.2) is 80.0 Å². The van der Waals surface area contributed by atoms with Crippen molar-refractivity contribution in [1.29, 1.82) is 0 Å². The van der Waals surface area contributed by atoms with Gasteiger partial charge in [0.05, 0.1) is 55.5 Å². The van der Waals surface area contributed by atoms with E-state index in [2.05, 4.69) is 24.1 Å². The smallest absolute Gasteiger partial charge is 0.231 e. The quantitative estimate of drug-likeness (QED) is 0.123. The van der Waals surface area contributed by atoms with Crippen LogP contribution in [0.15, 0.2) is 54.7 Å². The first-order valence-corrected chi connectivity index (χ1v) is 17.2. The van der Waals surface area contributed by atoms with Gasteiger partial charge in [0.15, 0.2) is 46.0 Å². The van der Waals surface area contributed by atoms with E-state index in [1.54, 1.807) is 56.0 Å². The highest BCUT2D eigenvalue weighted by molar-refractivity contribution is 5.95. The van der Waals surface area contributed by atoms with Gasteiger partial charge in [0.2, 0.25) is 24.0 Å². The third kappa shape index (κ3) is 6.37. The van der Waals surface area contributed by atoms with Crippen LogP contribution in [0.1, 0.15) is 34.0 Å². The highest BCUT2D eigenvalue weighted by Gasteiger charge is 2.32. The lowest BCUT2D eigenvalue weighted by atomic mass is 9.88. The zero-order valence-electron chi connectivity index (χ0n) is 31.3. The number of rotatable bonds is 13. The molecule has 278 valence electrons. The molecule has 0 aliphatic carbocycles. The van der Waals surface area contributed by atoms with E-state index < -0.39 is 0 Å². The number of methoxy groups -OCH3 is 7. The zero-order valence-corrected chi connectivity index (χ0v) is 31.3. The Balaban J connectivity index is 1.33. The number of ether oxygens (including phenoxy) is 10. The molecule has 4 aromatic carbocycles. The molecule has 0 radical (unpaired) electrons. The Hall–Kier alpha value is -5.75. The summed E-state index contributed by atoms with van der Waals surface area (Å²) < 4.78 is 59.4. The monoisotopic (exact) mass is 724 g/mol. The van der Waals surface area contributed by atoms with Crippen LogP contribution < -0.4 is 47.4 Å². The Bertz CT molecular complexity index is 2150. The number of likely N-dealkylation sites (N-methyl/N-ethyl adjacent to an activating group) is 1. The molecule has 12 nitrogen and oxygen atoms in total. The summed E-state index contributed by atoms with van der Waals surface area (Å²) in [6.07, 6.45) is 3.69. The number of hydrogen-bond acceptors (Lipinski definition) is 12. The summed E-state index contributed by atoms with van der Waals surface area (Å²) in [6, 6.07) is 15.7. The maximum atomic E-state index is 6.78. The van der Waals surface area contributed by atoms with E-state index >= 15 is 0 Å². The first-order chi connectivity index (χ1) is 25.9. The third-order valence-corrected chi connectivity index (χ3v) is 10.0. The van der Waals surface area contributed by atoms with E-state index in [4.69, 9.17) is 52.4 Å². The first-order valence-electron chi connectivity index (χ1n) is 17.2. The predicted octanol–water partition coefficient (Wildman–Crippen LogP) is 7.18. The summed E-state index contributed by atoms with van der Waals surface area (Å²) in [5.74, 6) is 5.94. The molecule has 0 saturated carbocycles. The van der Waals surface area contributed by atoms with Crippen LogP contribution in [0.2, 0.25) is 0 Å². The summed E-state index contributed by atoms with van der Waals surface area (Å²) in [4.78, 5) is 7.12. The average molecular weight is 725 g/mol. The Kier molecular flexibility index (Phi) is 10.1. The van der Waals surface area contributed by atoms with Crippen molar-refractivity contribution in [2.75, 3.05) is 70.2 Å². The van der Waals surface area contributed by atoms with Crippen LogP contribution >= 0.6 is 0 Å². The lowest BCUT2D eigenvalue weighted by molar-refractivity contribution is 0.172. The lowest BCUT2D eigenvalue weighted by Crippen LogP contribution is -2.33. The minimum absolute atomic E-state index is 0.0118. The molecule has 0 amide bonds. The maximum Gasteiger partial charge on any atom is 0.231 e. The molecule has 2 aliphatic heterocycles. The highest BCUT2D eigenvalue weighted by atomic mass is 16.7. The van der Waals surface area contributed by atoms with E-state index in [1.165, 1.54) is 5.56 Å². The van der Waals surface area contributed by atoms with E-state index in [1.807, 2.05) is 36.4 Å². The van der Waals surface area contributed by atoms with Gasteiger partial charge < -0.3 is 47.4 Å². The van der Waals surface area contributed by atoms with Gasteiger partial charge in [-0.3, -0.25) is 9.88 Å². The number of aromatic nitrogens is 1. The van der Waals surface area contributed by atoms with Gasteiger partial charge in [-0.05, 0) is 67.4 Å². The SMILES string of the molecule is COc1cc2c(cc1OC)C(Cc1cc(Oc3cc4c(Cc5cccc(OC)c5OC)nccc4c4c3OCO4)c(OC)c(OC)c1OC)N(C)CC2. The van der Waals surface area contributed by atoms with Crippen molar-refractivity contribution in [1.82, 2.24) is 9.88 Å². The molecule has 1 atom stereocenters. The average Bonchev–Trinajstić information content (AvgIpc) is 3.69. The van der Waals surface area contributed by atoms with Crippen molar-refractivity contribution in [2.45, 2.75) is 25.3 Å². The van der Waals surface area contributed by atoms with Crippen LogP contribution in [0.4, 0.5) is 0 Å². The topological polar surface area (TPSA) is 108 Å². The van der Waals surface area contributed by atoms with Crippen molar-refractivity contribution in [3.8, 4) is 63.2 Å². The molecule has 0 fully saturated rings. The predicted molar refractivity (Wildman–Crippen MR) is 199 cm³/mol. The second-order valence-corrected chi connectivity index (χ2v) is 12.7. The van der Waals surface area contributed by atoms with Crippen LogP contribution in [0, 0.1) is 0 Å². The van der Waals surface area contributed by atoms with Crippen molar-refractivity contribution < 1.29 is 47.4 Å². The van der Waals surface area contributed by atoms with Crippen LogP contribution in [0.25, 0.3) is 10.8 Å². The molecule has 7 rings (SSSR count). The molecule has 0 saturated heterocycles. The normalized spacial score (nSPS) is 14.8. The number of benzene rings is 4. The van der Waals surface area contributed by atoms with Crippen LogP contribution in [0.3, 0.4) is 0 Å². The minimum Gasteiger partial charge on any atom is -0.493 e. The van der Waals surface area contributed by atoms with E-state index in [0.717, 1.165) is 46.1 Å². The molecular formula is C41H44N2O10. The van der Waals surface area contributed by atoms with E-state index in [0.29, 0.717) is 76.1 Å². The Labute approximate surface area is 308 Å². The van der Waals surface area contributed by atoms with Crippen molar-refractivity contribution >= 4 is 10.8 Å². The number of para-hydroxylation sites is 1. The largest absolute Gasteiger partial charge is 0.493 e. The summed E-state index contributed by atoms with van der Waals surface area (Å²) in [7, 11) is 13.5. The Morgan fingerprint density at radius 3 is 2.09 bits per heavy atom. The standard InChI is InChI=1S/C41H44N2O10/c1-43-15-13-23-18-32(45-3)33(46-4)20-27(23)30(43)17-25-19-34(39(49-7)41(50-8)37(25)48-6)53-35-21-28-26(38-40(35)52-22-51-38)12-14-42-29(28)16-24-10-9-11-31(44-2)36(24)47-5/h9-12,14,18-21,30H,13,15-17,22H2,1-8H3. The lowest BCUT2D eigenvalue weighted by Gasteiger charge is -2.35. The van der Waals surface area contributed by atoms with Gasteiger partial charge >= 0.3 is 0 Å². The van der Waals surface area contributed by atoms with Crippen molar-refractivity contribution in [2.24, 2.45) is 0 Å². The van der Waals surface area contributed by atoms with E-state index in [9.17, 15) is 0 Å². The number of nitrogens with zero attached hydrogens (tertiary/aromatic N) is 2. The van der Waals surface area contributed by atoms with Crippen molar-refractivity contribution in [3.05, 3.63) is 82.7 Å². The maximum absolute atomic E-state index is 6.78. The van der Waals surface area contributed by atoms with Crippen molar-refractivity contribution in [3.63, 3.8) is 0 Å². The fourth-order valence-electron chi connectivity index (χ4n) is 7.45. The summed E-state index contributed by atoms with van der Waals surface area (Å²) in [6.45, 7) is 0.910. The fourth-order valence-corrected chi connectivity index (χ4v) is 7.45. The fraction of sp³-hybridized carbons (Fsp3) is 0.341. The molecule has 3 heterocycles. The van der Waals surface area contributed by atoms with Gasteiger partial charge in [0.25, 0.3) is 0 Å². The van der Waals surface area contributed by atoms with Gasteiger partial charge in [-0.15, -0.1) is 0 Å². The number of fused-ring (bicyclic) bond motifs is 4. The summed E-state index contributed by atoms with van der Waals surface area (Å²) >= 11 is 0. The van der Waals surface area contributed by atoms with Crippen LogP contribution in [-0.2, 0) is 19.3 Å². The van der Waals surface area contributed by atoms with Gasteiger partial charge in [-0.2, -0.15) is 0 Å².